The molecule has 2 rings (SSSR count). The van der Waals surface area contributed by atoms with Crippen molar-refractivity contribution in [2.45, 2.75) is 0 Å². The van der Waals surface area contributed by atoms with Gasteiger partial charge in [-0.15, -0.1) is 0 Å². The van der Waals surface area contributed by atoms with E-state index in [9.17, 15) is 0 Å². The number of hydrogen-bond donors (Lipinski definition) is 1. The SMILES string of the molecule is c1cc2[se]ccc2[nH]1. The summed E-state index contributed by atoms with van der Waals surface area (Å²) in [6, 6.07) is 4.30. The molecule has 0 saturated heterocycles. The Morgan fingerprint density at radius 2 is 2.38 bits per heavy atom. The Labute approximate surface area is 53.1 Å². The van der Waals surface area contributed by atoms with Crippen molar-refractivity contribution in [1.29, 1.82) is 0 Å². The minimum absolute atomic E-state index is 0.620. The molecule has 0 saturated carbocycles. The molecule has 0 unspecified atom stereocenters. The molecule has 0 spiro atoms. The van der Waals surface area contributed by atoms with Crippen molar-refractivity contribution < 1.29 is 0 Å². The van der Waals surface area contributed by atoms with Crippen molar-refractivity contribution in [3.8, 4) is 0 Å². The monoisotopic (exact) mass is 171 g/mol. The standard InChI is InChI=1S/C6H5NSe/c1-3-7-5-2-4-8-6(1)5/h1-4,7H. The van der Waals surface area contributed by atoms with Crippen LogP contribution < -0.4 is 0 Å². The first kappa shape index (κ1) is 4.42. The van der Waals surface area contributed by atoms with Gasteiger partial charge in [0.2, 0.25) is 0 Å². The molecular weight excluding hydrogens is 165 g/mol. The van der Waals surface area contributed by atoms with Crippen LogP contribution in [-0.2, 0) is 0 Å². The summed E-state index contributed by atoms with van der Waals surface area (Å²) in [6.45, 7) is 0. The number of aromatic nitrogens is 1. The molecular formula is C6H5NSe. The summed E-state index contributed by atoms with van der Waals surface area (Å²) in [6.07, 6.45) is 2.00. The number of fused-ring (bicyclic) bond motifs is 1. The van der Waals surface area contributed by atoms with Gasteiger partial charge in [-0.2, -0.15) is 0 Å². The van der Waals surface area contributed by atoms with Crippen LogP contribution in [0.15, 0.2) is 23.3 Å². The number of aromatic amines is 1. The molecule has 0 aliphatic rings. The molecule has 2 heterocycles. The second kappa shape index (κ2) is 1.51. The zero-order valence-corrected chi connectivity index (χ0v) is 5.93. The van der Waals surface area contributed by atoms with Crippen molar-refractivity contribution in [2.24, 2.45) is 0 Å². The molecule has 0 aliphatic heterocycles. The van der Waals surface area contributed by atoms with Crippen molar-refractivity contribution >= 4 is 24.3 Å². The van der Waals surface area contributed by atoms with Gasteiger partial charge in [0.05, 0.1) is 0 Å². The number of nitrogens with one attached hydrogen (secondary N) is 1. The fraction of sp³-hybridized carbons (Fsp3) is 0. The van der Waals surface area contributed by atoms with Gasteiger partial charge in [0.15, 0.2) is 0 Å². The van der Waals surface area contributed by atoms with Gasteiger partial charge >= 0.3 is 52.5 Å². The summed E-state index contributed by atoms with van der Waals surface area (Å²) in [5.41, 5.74) is 1.31. The van der Waals surface area contributed by atoms with Crippen LogP contribution in [0.1, 0.15) is 0 Å². The third kappa shape index (κ3) is 0.473. The maximum atomic E-state index is 3.15. The Hall–Kier alpha value is -0.461. The van der Waals surface area contributed by atoms with E-state index in [1.807, 2.05) is 6.20 Å². The fourth-order valence-corrected chi connectivity index (χ4v) is 2.35. The average molecular weight is 170 g/mol. The van der Waals surface area contributed by atoms with Crippen LogP contribution in [0.5, 0.6) is 0 Å². The quantitative estimate of drug-likeness (QED) is 0.572. The second-order valence-corrected chi connectivity index (χ2v) is 3.66. The fourth-order valence-electron chi connectivity index (χ4n) is 0.776. The Balaban J connectivity index is 3.06. The molecule has 2 aromatic rings. The van der Waals surface area contributed by atoms with E-state index in [-0.39, 0.29) is 0 Å². The van der Waals surface area contributed by atoms with Gasteiger partial charge in [-0.1, -0.05) is 0 Å². The minimum atomic E-state index is 0.620. The topological polar surface area (TPSA) is 15.8 Å². The summed E-state index contributed by atoms with van der Waals surface area (Å²) >= 11 is 0.620. The Bertz CT molecular complexity index is 230. The molecule has 0 fully saturated rings. The van der Waals surface area contributed by atoms with Gasteiger partial charge in [-0.25, -0.2) is 0 Å². The summed E-state index contributed by atoms with van der Waals surface area (Å²) in [5, 5.41) is 0. The third-order valence-corrected chi connectivity index (χ3v) is 3.02. The molecule has 0 bridgehead atoms. The Kier molecular flexibility index (Phi) is 0.833. The summed E-state index contributed by atoms with van der Waals surface area (Å²) < 4.78 is 1.48. The van der Waals surface area contributed by atoms with Crippen LogP contribution in [-0.4, -0.2) is 19.5 Å². The van der Waals surface area contributed by atoms with Crippen molar-refractivity contribution in [3.05, 3.63) is 23.3 Å². The zero-order valence-electron chi connectivity index (χ0n) is 4.22. The predicted octanol–water partition coefficient (Wildman–Crippen LogP) is 1.22. The summed E-state index contributed by atoms with van der Waals surface area (Å²) in [4.78, 5) is 5.38. The molecule has 0 atom stereocenters. The van der Waals surface area contributed by atoms with Gasteiger partial charge in [0.25, 0.3) is 0 Å². The van der Waals surface area contributed by atoms with Gasteiger partial charge in [-0.3, -0.25) is 0 Å². The number of hydrogen-bond acceptors (Lipinski definition) is 0. The van der Waals surface area contributed by atoms with E-state index < -0.39 is 0 Å². The molecule has 40 valence electrons. The Morgan fingerprint density at radius 1 is 1.38 bits per heavy atom. The number of H-pyrrole nitrogens is 1. The van der Waals surface area contributed by atoms with E-state index in [4.69, 9.17) is 0 Å². The first-order valence-electron chi connectivity index (χ1n) is 2.47. The third-order valence-electron chi connectivity index (χ3n) is 1.17. The van der Waals surface area contributed by atoms with E-state index >= 15 is 0 Å². The molecule has 8 heavy (non-hydrogen) atoms. The van der Waals surface area contributed by atoms with Gasteiger partial charge in [0.1, 0.15) is 0 Å². The second-order valence-electron chi connectivity index (χ2n) is 1.68. The van der Waals surface area contributed by atoms with Crippen LogP contribution in [0.25, 0.3) is 9.78 Å². The van der Waals surface area contributed by atoms with Gasteiger partial charge in [-0.05, 0) is 0 Å². The molecule has 1 nitrogen and oxygen atoms in total. The van der Waals surface area contributed by atoms with Crippen LogP contribution in [0.3, 0.4) is 0 Å². The van der Waals surface area contributed by atoms with Gasteiger partial charge < -0.3 is 0 Å². The van der Waals surface area contributed by atoms with E-state index in [2.05, 4.69) is 22.1 Å². The normalized spacial score (nSPS) is 10.5. The van der Waals surface area contributed by atoms with E-state index in [0.29, 0.717) is 14.5 Å². The van der Waals surface area contributed by atoms with Crippen molar-refractivity contribution in [2.75, 3.05) is 0 Å². The Morgan fingerprint density at radius 3 is 3.25 bits per heavy atom. The molecule has 1 N–H and O–H groups in total. The van der Waals surface area contributed by atoms with E-state index in [1.165, 1.54) is 9.78 Å². The maximum absolute atomic E-state index is 3.15. The molecule has 0 aliphatic carbocycles. The van der Waals surface area contributed by atoms with Crippen LogP contribution >= 0.6 is 0 Å². The number of rotatable bonds is 0. The molecule has 0 radical (unpaired) electrons. The average Bonchev–Trinajstić information content (AvgIpc) is 2.15. The summed E-state index contributed by atoms with van der Waals surface area (Å²) in [5.74, 6) is 0. The van der Waals surface area contributed by atoms with E-state index in [1.54, 1.807) is 0 Å². The predicted molar refractivity (Wildman–Crippen MR) is 35.2 cm³/mol. The van der Waals surface area contributed by atoms with Crippen LogP contribution in [0.4, 0.5) is 0 Å². The molecule has 2 aromatic heterocycles. The molecule has 0 amide bonds. The van der Waals surface area contributed by atoms with Crippen LogP contribution in [0, 0.1) is 0 Å². The van der Waals surface area contributed by atoms with Gasteiger partial charge in [0, 0.05) is 0 Å². The van der Waals surface area contributed by atoms with Crippen LogP contribution in [0.2, 0.25) is 0 Å². The van der Waals surface area contributed by atoms with Crippen molar-refractivity contribution in [1.82, 2.24) is 4.98 Å². The molecule has 2 heteroatoms. The van der Waals surface area contributed by atoms with E-state index in [0.717, 1.165) is 0 Å². The zero-order chi connectivity index (χ0) is 5.40. The molecule has 0 aromatic carbocycles. The van der Waals surface area contributed by atoms with Crippen molar-refractivity contribution in [3.63, 3.8) is 0 Å². The first-order chi connectivity index (χ1) is 3.97. The summed E-state index contributed by atoms with van der Waals surface area (Å²) in [7, 11) is 0. The first-order valence-corrected chi connectivity index (χ1v) is 4.32.